The number of fused-ring (bicyclic) bond motifs is 2. The van der Waals surface area contributed by atoms with Gasteiger partial charge in [-0.1, -0.05) is 30.0 Å². The molecule has 2 aromatic carbocycles. The van der Waals surface area contributed by atoms with Crippen molar-refractivity contribution >= 4 is 33.2 Å². The van der Waals surface area contributed by atoms with E-state index in [1.165, 1.54) is 31.0 Å². The number of benzene rings is 2. The van der Waals surface area contributed by atoms with Crippen LogP contribution in [0, 0.1) is 18.8 Å². The average Bonchev–Trinajstić information content (AvgIpc) is 3.18. The van der Waals surface area contributed by atoms with Crippen molar-refractivity contribution in [2.75, 3.05) is 13.4 Å². The van der Waals surface area contributed by atoms with Gasteiger partial charge in [0, 0.05) is 33.1 Å². The van der Waals surface area contributed by atoms with Gasteiger partial charge in [0.1, 0.15) is 10.6 Å². The minimum absolute atomic E-state index is 0.0342. The summed E-state index contributed by atoms with van der Waals surface area (Å²) in [4.78, 5) is 28.8. The van der Waals surface area contributed by atoms with Crippen LogP contribution in [0.5, 0.6) is 5.75 Å². The van der Waals surface area contributed by atoms with Gasteiger partial charge in [-0.25, -0.2) is 8.42 Å². The molecule has 31 heavy (non-hydrogen) atoms. The first-order valence-corrected chi connectivity index (χ1v) is 12.9. The molecule has 2 atom stereocenters. The Kier molecular flexibility index (Phi) is 5.83. The Balaban J connectivity index is 1.85. The molecule has 5 nitrogen and oxygen atoms in total. The number of Topliss-reactive ketones (excluding diaryl/α,β-unsaturated/α-hetero) is 2. The highest BCUT2D eigenvalue weighted by molar-refractivity contribution is 8.03. The number of ketones is 2. The van der Waals surface area contributed by atoms with E-state index in [9.17, 15) is 18.0 Å². The second-order valence-electron chi connectivity index (χ2n) is 8.10. The van der Waals surface area contributed by atoms with E-state index in [1.54, 1.807) is 6.92 Å². The fourth-order valence-corrected chi connectivity index (χ4v) is 6.67. The van der Waals surface area contributed by atoms with Crippen LogP contribution in [0.4, 0.5) is 0 Å². The first-order valence-electron chi connectivity index (χ1n) is 10.2. The minimum Gasteiger partial charge on any atom is -0.495 e. The first-order chi connectivity index (χ1) is 14.7. The predicted octanol–water partition coefficient (Wildman–Crippen LogP) is 4.64. The first kappa shape index (κ1) is 21.8. The SMILES string of the molecule is COc1c(S(C)(=O)=O)ccc(C(=O)C2=C(Sc3ccccc3)C3CCC(C3)C2=O)c1C. The quantitative estimate of drug-likeness (QED) is 0.466. The summed E-state index contributed by atoms with van der Waals surface area (Å²) in [5.74, 6) is -0.206. The zero-order chi connectivity index (χ0) is 22.3. The van der Waals surface area contributed by atoms with Gasteiger partial charge in [-0.05, 0) is 56.4 Å². The molecule has 162 valence electrons. The van der Waals surface area contributed by atoms with Crippen LogP contribution in [0.2, 0.25) is 0 Å². The minimum atomic E-state index is -3.52. The molecular weight excluding hydrogens is 432 g/mol. The Hall–Kier alpha value is -2.38. The molecule has 2 unspecified atom stereocenters. The van der Waals surface area contributed by atoms with E-state index in [4.69, 9.17) is 4.74 Å². The third-order valence-electron chi connectivity index (χ3n) is 6.08. The lowest BCUT2D eigenvalue weighted by Gasteiger charge is -2.25. The smallest absolute Gasteiger partial charge is 0.197 e. The summed E-state index contributed by atoms with van der Waals surface area (Å²) >= 11 is 1.49. The van der Waals surface area contributed by atoms with Gasteiger partial charge in [0.2, 0.25) is 0 Å². The van der Waals surface area contributed by atoms with Crippen molar-refractivity contribution in [3.63, 3.8) is 0 Å². The van der Waals surface area contributed by atoms with Gasteiger partial charge >= 0.3 is 0 Å². The number of thioether (sulfide) groups is 1. The lowest BCUT2D eigenvalue weighted by molar-refractivity contribution is -0.119. The third kappa shape index (κ3) is 3.96. The molecule has 0 radical (unpaired) electrons. The van der Waals surface area contributed by atoms with E-state index < -0.39 is 9.84 Å². The number of rotatable bonds is 6. The van der Waals surface area contributed by atoms with Gasteiger partial charge in [-0.15, -0.1) is 0 Å². The summed E-state index contributed by atoms with van der Waals surface area (Å²) in [6.07, 6.45) is 3.59. The van der Waals surface area contributed by atoms with Gasteiger partial charge in [-0.2, -0.15) is 0 Å². The maximum absolute atomic E-state index is 13.7. The molecule has 1 fully saturated rings. The fraction of sp³-hybridized carbons (Fsp3) is 0.333. The predicted molar refractivity (Wildman–Crippen MR) is 120 cm³/mol. The van der Waals surface area contributed by atoms with Crippen molar-refractivity contribution in [2.24, 2.45) is 11.8 Å². The van der Waals surface area contributed by atoms with Crippen LogP contribution in [0.3, 0.4) is 0 Å². The van der Waals surface area contributed by atoms with Crippen LogP contribution in [0.15, 0.2) is 62.7 Å². The number of methoxy groups -OCH3 is 1. The molecule has 0 aromatic heterocycles. The van der Waals surface area contributed by atoms with Gasteiger partial charge in [0.25, 0.3) is 0 Å². The van der Waals surface area contributed by atoms with Crippen LogP contribution in [0.1, 0.15) is 35.2 Å². The Morgan fingerprint density at radius 1 is 1.06 bits per heavy atom. The lowest BCUT2D eigenvalue weighted by Crippen LogP contribution is -2.27. The fourth-order valence-electron chi connectivity index (χ4n) is 4.55. The summed E-state index contributed by atoms with van der Waals surface area (Å²) in [7, 11) is -2.14. The largest absolute Gasteiger partial charge is 0.495 e. The van der Waals surface area contributed by atoms with Gasteiger partial charge < -0.3 is 4.74 Å². The number of hydrogen-bond acceptors (Lipinski definition) is 6. The number of allylic oxidation sites excluding steroid dienone is 2. The van der Waals surface area contributed by atoms with Crippen molar-refractivity contribution in [1.29, 1.82) is 0 Å². The maximum Gasteiger partial charge on any atom is 0.197 e. The number of sulfone groups is 1. The van der Waals surface area contributed by atoms with Crippen LogP contribution in [-0.2, 0) is 14.6 Å². The monoisotopic (exact) mass is 456 g/mol. The van der Waals surface area contributed by atoms with Crippen molar-refractivity contribution < 1.29 is 22.7 Å². The Bertz CT molecular complexity index is 1200. The molecule has 2 aliphatic rings. The molecule has 0 saturated heterocycles. The third-order valence-corrected chi connectivity index (χ3v) is 8.47. The normalized spacial score (nSPS) is 20.8. The summed E-state index contributed by atoms with van der Waals surface area (Å²) in [6, 6.07) is 12.6. The maximum atomic E-state index is 13.7. The lowest BCUT2D eigenvalue weighted by atomic mass is 9.83. The highest BCUT2D eigenvalue weighted by atomic mass is 32.2. The molecule has 0 amide bonds. The molecule has 7 heteroatoms. The summed E-state index contributed by atoms with van der Waals surface area (Å²) in [6.45, 7) is 1.66. The number of carbonyl (C=O) groups excluding carboxylic acids is 2. The molecule has 0 heterocycles. The van der Waals surface area contributed by atoms with Crippen LogP contribution >= 0.6 is 11.8 Å². The van der Waals surface area contributed by atoms with E-state index in [1.807, 2.05) is 30.3 Å². The van der Waals surface area contributed by atoms with Gasteiger partial charge in [-0.3, -0.25) is 9.59 Å². The second-order valence-corrected chi connectivity index (χ2v) is 11.2. The van der Waals surface area contributed by atoms with Crippen LogP contribution in [-0.4, -0.2) is 33.3 Å². The van der Waals surface area contributed by atoms with Crippen molar-refractivity contribution in [3.05, 3.63) is 64.1 Å². The van der Waals surface area contributed by atoms with E-state index in [-0.39, 0.29) is 39.6 Å². The van der Waals surface area contributed by atoms with Gasteiger partial charge in [0.15, 0.2) is 21.4 Å². The van der Waals surface area contributed by atoms with Crippen LogP contribution in [0.25, 0.3) is 0 Å². The standard InChI is InChI=1S/C24H24O5S2/c1-14-18(11-12-19(23(14)29-2)31(3,27)28)22(26)20-21(25)15-9-10-16(13-15)24(20)30-17-7-5-4-6-8-17/h4-8,11-12,15-16H,9-10,13H2,1-3H3. The molecule has 2 aromatic rings. The highest BCUT2D eigenvalue weighted by Crippen LogP contribution is 2.50. The van der Waals surface area contributed by atoms with Crippen molar-refractivity contribution in [3.8, 4) is 5.75 Å². The Morgan fingerprint density at radius 2 is 1.74 bits per heavy atom. The molecular formula is C24H24O5S2. The van der Waals surface area contributed by atoms with Crippen molar-refractivity contribution in [2.45, 2.75) is 36.0 Å². The molecule has 4 rings (SSSR count). The van der Waals surface area contributed by atoms with Crippen molar-refractivity contribution in [1.82, 2.24) is 0 Å². The topological polar surface area (TPSA) is 77.5 Å². The van der Waals surface area contributed by atoms with E-state index >= 15 is 0 Å². The number of carbonyl (C=O) groups is 2. The van der Waals surface area contributed by atoms with E-state index in [0.29, 0.717) is 11.1 Å². The van der Waals surface area contributed by atoms with Crippen LogP contribution < -0.4 is 4.74 Å². The molecule has 0 spiro atoms. The summed E-state index contributed by atoms with van der Waals surface area (Å²) < 4.78 is 29.6. The number of hydrogen-bond donors (Lipinski definition) is 0. The summed E-state index contributed by atoms with van der Waals surface area (Å²) in [5, 5.41) is 0. The Morgan fingerprint density at radius 3 is 2.39 bits per heavy atom. The Labute approximate surface area is 186 Å². The molecule has 0 N–H and O–H groups in total. The zero-order valence-electron chi connectivity index (χ0n) is 17.7. The molecule has 2 bridgehead atoms. The average molecular weight is 457 g/mol. The molecule has 1 saturated carbocycles. The molecule has 2 aliphatic carbocycles. The summed E-state index contributed by atoms with van der Waals surface area (Å²) in [5.41, 5.74) is 0.989. The van der Waals surface area contributed by atoms with E-state index in [0.717, 1.165) is 35.3 Å². The zero-order valence-corrected chi connectivity index (χ0v) is 19.3. The highest BCUT2D eigenvalue weighted by Gasteiger charge is 2.43. The molecule has 0 aliphatic heterocycles. The van der Waals surface area contributed by atoms with Gasteiger partial charge in [0.05, 0.1) is 12.7 Å². The number of ether oxygens (including phenoxy) is 1. The van der Waals surface area contributed by atoms with E-state index in [2.05, 4.69) is 0 Å². The second kappa shape index (κ2) is 8.28.